The van der Waals surface area contributed by atoms with Gasteiger partial charge in [-0.1, -0.05) is 30.0 Å². The summed E-state index contributed by atoms with van der Waals surface area (Å²) >= 11 is 3.35. The Kier molecular flexibility index (Phi) is 4.04. The van der Waals surface area contributed by atoms with Gasteiger partial charge in [0.25, 0.3) is 0 Å². The molecule has 5 heteroatoms. The van der Waals surface area contributed by atoms with Gasteiger partial charge in [-0.25, -0.2) is 4.98 Å². The van der Waals surface area contributed by atoms with E-state index in [0.717, 1.165) is 46.1 Å². The largest absolute Gasteiger partial charge is 0.306 e. The van der Waals surface area contributed by atoms with Crippen molar-refractivity contribution in [3.8, 4) is 0 Å². The van der Waals surface area contributed by atoms with Crippen LogP contribution in [0.3, 0.4) is 0 Å². The molecule has 0 radical (unpaired) electrons. The molecule has 0 saturated carbocycles. The lowest BCUT2D eigenvalue weighted by molar-refractivity contribution is 0.726. The molecule has 0 spiro atoms. The summed E-state index contributed by atoms with van der Waals surface area (Å²) in [6, 6.07) is 0. The first-order chi connectivity index (χ1) is 10.1. The Bertz CT molecular complexity index is 786. The molecule has 1 aliphatic rings. The molecular formula is C16H18N2OS2. The molecule has 3 rings (SSSR count). The van der Waals surface area contributed by atoms with Gasteiger partial charge >= 0.3 is 0 Å². The van der Waals surface area contributed by atoms with Gasteiger partial charge in [0.05, 0.1) is 0 Å². The molecule has 0 unspecified atom stereocenters. The van der Waals surface area contributed by atoms with Crippen LogP contribution < -0.4 is 5.43 Å². The fraction of sp³-hybridized carbons (Fsp3) is 0.375. The van der Waals surface area contributed by atoms with E-state index in [4.69, 9.17) is 0 Å². The second-order valence-corrected chi connectivity index (χ2v) is 7.45. The van der Waals surface area contributed by atoms with Crippen LogP contribution in [0.1, 0.15) is 23.8 Å². The fourth-order valence-corrected chi connectivity index (χ4v) is 4.74. The minimum absolute atomic E-state index is 0.136. The summed E-state index contributed by atoms with van der Waals surface area (Å²) in [5.41, 5.74) is 2.83. The number of hydrogen-bond donors (Lipinski definition) is 0. The highest BCUT2D eigenvalue weighted by atomic mass is 32.2. The third kappa shape index (κ3) is 2.60. The summed E-state index contributed by atoms with van der Waals surface area (Å²) in [5.74, 6) is 0.790. The molecule has 0 bridgehead atoms. The van der Waals surface area contributed by atoms with Crippen LogP contribution >= 0.6 is 23.1 Å². The highest BCUT2D eigenvalue weighted by Crippen LogP contribution is 2.32. The van der Waals surface area contributed by atoms with Crippen molar-refractivity contribution in [1.29, 1.82) is 0 Å². The molecule has 0 aliphatic heterocycles. The molecule has 0 aromatic carbocycles. The number of hydrogen-bond acceptors (Lipinski definition) is 4. The third-order valence-electron chi connectivity index (χ3n) is 3.52. The first kappa shape index (κ1) is 14.6. The maximum Gasteiger partial charge on any atom is 0.211 e. The minimum Gasteiger partial charge on any atom is -0.306 e. The van der Waals surface area contributed by atoms with E-state index in [1.807, 2.05) is 13.0 Å². The lowest BCUT2D eigenvalue weighted by Crippen LogP contribution is -2.08. The molecule has 1 aliphatic carbocycles. The van der Waals surface area contributed by atoms with Crippen molar-refractivity contribution in [2.24, 2.45) is 0 Å². The van der Waals surface area contributed by atoms with E-state index in [2.05, 4.69) is 22.7 Å². The predicted molar refractivity (Wildman–Crippen MR) is 91.6 cm³/mol. The number of aromatic nitrogens is 2. The van der Waals surface area contributed by atoms with E-state index in [1.165, 1.54) is 4.88 Å². The second kappa shape index (κ2) is 5.81. The maximum atomic E-state index is 12.6. The molecule has 2 aromatic heterocycles. The molecule has 2 aromatic rings. The quantitative estimate of drug-likeness (QED) is 0.621. The number of imidazole rings is 1. The molecule has 110 valence electrons. The summed E-state index contributed by atoms with van der Waals surface area (Å²) in [4.78, 5) is 19.5. The summed E-state index contributed by atoms with van der Waals surface area (Å²) in [5, 5.41) is 0.893. The van der Waals surface area contributed by atoms with Gasteiger partial charge in [-0.05, 0) is 26.2 Å². The second-order valence-electron chi connectivity index (χ2n) is 5.38. The summed E-state index contributed by atoms with van der Waals surface area (Å²) in [6.45, 7) is 10.5. The molecule has 0 fully saturated rings. The van der Waals surface area contributed by atoms with Gasteiger partial charge in [-0.2, -0.15) is 0 Å². The highest BCUT2D eigenvalue weighted by molar-refractivity contribution is 7.99. The molecule has 0 atom stereocenters. The zero-order valence-electron chi connectivity index (χ0n) is 12.1. The van der Waals surface area contributed by atoms with Crippen molar-refractivity contribution in [3.05, 3.63) is 45.5 Å². The SMILES string of the molecule is C=CCSc1nc2c(=O)c3c(sc2n1CC(=C)C)CCC3. The molecule has 21 heavy (non-hydrogen) atoms. The molecular weight excluding hydrogens is 300 g/mol. The zero-order valence-corrected chi connectivity index (χ0v) is 13.8. The van der Waals surface area contributed by atoms with E-state index >= 15 is 0 Å². The summed E-state index contributed by atoms with van der Waals surface area (Å²) < 4.78 is 2.14. The summed E-state index contributed by atoms with van der Waals surface area (Å²) in [6.07, 6.45) is 4.88. The fourth-order valence-electron chi connectivity index (χ4n) is 2.65. The standard InChI is InChI=1S/C16H18N2OS2/c1-4-8-20-16-17-13-14(19)11-6-5-7-12(11)21-15(13)18(16)9-10(2)3/h4H,1-2,5-9H2,3H3. The van der Waals surface area contributed by atoms with Gasteiger partial charge in [-0.3, -0.25) is 4.79 Å². The van der Waals surface area contributed by atoms with Gasteiger partial charge in [-0.15, -0.1) is 17.9 Å². The molecule has 0 saturated heterocycles. The average molecular weight is 318 g/mol. The number of fused-ring (bicyclic) bond motifs is 2. The maximum absolute atomic E-state index is 12.6. The van der Waals surface area contributed by atoms with Crippen LogP contribution in [0, 0.1) is 0 Å². The van der Waals surface area contributed by atoms with E-state index in [0.29, 0.717) is 12.1 Å². The van der Waals surface area contributed by atoms with Crippen LogP contribution in [0.25, 0.3) is 10.3 Å². The average Bonchev–Trinajstić information content (AvgIpc) is 3.03. The predicted octanol–water partition coefficient (Wildman–Crippen LogP) is 3.80. The van der Waals surface area contributed by atoms with Crippen molar-refractivity contribution in [1.82, 2.24) is 9.55 Å². The number of thioether (sulfide) groups is 1. The third-order valence-corrected chi connectivity index (χ3v) is 5.80. The monoisotopic (exact) mass is 318 g/mol. The Hall–Kier alpha value is -1.33. The molecule has 2 heterocycles. The molecule has 0 N–H and O–H groups in total. The number of rotatable bonds is 5. The molecule has 3 nitrogen and oxygen atoms in total. The van der Waals surface area contributed by atoms with Gasteiger partial charge in [0.2, 0.25) is 5.43 Å². The van der Waals surface area contributed by atoms with Crippen molar-refractivity contribution < 1.29 is 0 Å². The minimum atomic E-state index is 0.136. The Labute approximate surface area is 132 Å². The van der Waals surface area contributed by atoms with Crippen molar-refractivity contribution >= 4 is 33.4 Å². The van der Waals surface area contributed by atoms with Crippen LogP contribution in [0.5, 0.6) is 0 Å². The first-order valence-corrected chi connectivity index (χ1v) is 8.85. The van der Waals surface area contributed by atoms with Crippen molar-refractivity contribution in [2.75, 3.05) is 5.75 Å². The van der Waals surface area contributed by atoms with Crippen LogP contribution in [0.4, 0.5) is 0 Å². The van der Waals surface area contributed by atoms with E-state index in [-0.39, 0.29) is 5.43 Å². The molecule has 0 amide bonds. The van der Waals surface area contributed by atoms with Crippen molar-refractivity contribution in [2.45, 2.75) is 37.9 Å². The number of nitrogens with zero attached hydrogens (tertiary/aromatic N) is 2. The normalized spacial score (nSPS) is 13.6. The van der Waals surface area contributed by atoms with E-state index in [9.17, 15) is 4.79 Å². The van der Waals surface area contributed by atoms with Gasteiger partial charge in [0.1, 0.15) is 10.3 Å². The Balaban J connectivity index is 2.22. The number of aryl methyl sites for hydroxylation is 1. The Morgan fingerprint density at radius 2 is 2.33 bits per heavy atom. The Morgan fingerprint density at radius 1 is 1.52 bits per heavy atom. The lowest BCUT2D eigenvalue weighted by Gasteiger charge is -2.07. The smallest absolute Gasteiger partial charge is 0.211 e. The van der Waals surface area contributed by atoms with Gasteiger partial charge < -0.3 is 4.57 Å². The van der Waals surface area contributed by atoms with E-state index < -0.39 is 0 Å². The van der Waals surface area contributed by atoms with Gasteiger partial charge in [0.15, 0.2) is 5.16 Å². The van der Waals surface area contributed by atoms with Crippen molar-refractivity contribution in [3.63, 3.8) is 0 Å². The van der Waals surface area contributed by atoms with Crippen LogP contribution in [0.15, 0.2) is 34.8 Å². The van der Waals surface area contributed by atoms with Crippen LogP contribution in [0.2, 0.25) is 0 Å². The summed E-state index contributed by atoms with van der Waals surface area (Å²) in [7, 11) is 0. The Morgan fingerprint density at radius 3 is 3.05 bits per heavy atom. The van der Waals surface area contributed by atoms with Crippen LogP contribution in [-0.4, -0.2) is 15.3 Å². The van der Waals surface area contributed by atoms with Gasteiger partial charge in [0, 0.05) is 22.7 Å². The van der Waals surface area contributed by atoms with Crippen LogP contribution in [-0.2, 0) is 19.4 Å². The first-order valence-electron chi connectivity index (χ1n) is 7.05. The zero-order chi connectivity index (χ0) is 15.0. The van der Waals surface area contributed by atoms with E-state index in [1.54, 1.807) is 23.1 Å². The number of allylic oxidation sites excluding steroid dienone is 1. The topological polar surface area (TPSA) is 34.9 Å². The highest BCUT2D eigenvalue weighted by Gasteiger charge is 2.22. The lowest BCUT2D eigenvalue weighted by atomic mass is 10.2.